The number of alkyl halides is 3. The Kier molecular flexibility index (Phi) is 4.57. The summed E-state index contributed by atoms with van der Waals surface area (Å²) in [5, 5.41) is 2.48. The number of aromatic nitrogens is 2. The van der Waals surface area contributed by atoms with E-state index in [9.17, 15) is 27.0 Å². The summed E-state index contributed by atoms with van der Waals surface area (Å²) in [6, 6.07) is 2.23. The van der Waals surface area contributed by atoms with Crippen molar-refractivity contribution in [2.45, 2.75) is 11.9 Å². The molecule has 0 aliphatic rings. The fourth-order valence-electron chi connectivity index (χ4n) is 2.01. The highest BCUT2D eigenvalue weighted by molar-refractivity contribution is 7.78. The molecule has 0 saturated heterocycles. The van der Waals surface area contributed by atoms with Crippen molar-refractivity contribution in [3.8, 4) is 0 Å². The zero-order valence-electron chi connectivity index (χ0n) is 11.7. The molecule has 1 heterocycles. The predicted octanol–water partition coefficient (Wildman–Crippen LogP) is 1.68. The number of benzene rings is 1. The van der Waals surface area contributed by atoms with E-state index in [2.05, 4.69) is 5.10 Å². The molecule has 0 saturated carbocycles. The third-order valence-electron chi connectivity index (χ3n) is 3.14. The van der Waals surface area contributed by atoms with Crippen molar-refractivity contribution in [1.82, 2.24) is 9.78 Å². The van der Waals surface area contributed by atoms with Crippen molar-refractivity contribution in [3.05, 3.63) is 57.0 Å². The van der Waals surface area contributed by atoms with Crippen molar-refractivity contribution < 1.29 is 26.7 Å². The van der Waals surface area contributed by atoms with Gasteiger partial charge in [0.25, 0.3) is 5.56 Å². The van der Waals surface area contributed by atoms with E-state index in [0.29, 0.717) is 12.1 Å². The summed E-state index contributed by atoms with van der Waals surface area (Å²) in [6.07, 6.45) is -3.53. The first-order valence-corrected chi connectivity index (χ1v) is 7.45. The smallest absolute Gasteiger partial charge is 0.306 e. The molecule has 0 aliphatic heterocycles. The van der Waals surface area contributed by atoms with Crippen LogP contribution in [0, 0.1) is 0 Å². The van der Waals surface area contributed by atoms with Gasteiger partial charge >= 0.3 is 6.18 Å². The number of ketones is 1. The summed E-state index contributed by atoms with van der Waals surface area (Å²) in [5.41, 5.74) is -2.44. The highest BCUT2D eigenvalue weighted by atomic mass is 32.2. The van der Waals surface area contributed by atoms with Gasteiger partial charge in [-0.2, -0.15) is 13.2 Å². The lowest BCUT2D eigenvalue weighted by atomic mass is 9.98. The van der Waals surface area contributed by atoms with Gasteiger partial charge in [-0.25, -0.2) is 4.21 Å². The number of carbonyl (C=O) groups excluding carboxylic acids is 1. The molecule has 0 bridgehead atoms. The molecule has 0 spiro atoms. The highest BCUT2D eigenvalue weighted by Gasteiger charge is 2.32. The van der Waals surface area contributed by atoms with Gasteiger partial charge in [0.1, 0.15) is 5.56 Å². The first-order valence-electron chi connectivity index (χ1n) is 6.18. The minimum Gasteiger partial charge on any atom is -0.306 e. The Morgan fingerprint density at radius 3 is 2.48 bits per heavy atom. The molecule has 2 rings (SSSR count). The molecule has 0 aliphatic carbocycles. The largest absolute Gasteiger partial charge is 0.416 e. The predicted molar refractivity (Wildman–Crippen MR) is 75.4 cm³/mol. The Balaban J connectivity index is 2.57. The van der Waals surface area contributed by atoms with E-state index in [-0.39, 0.29) is 16.7 Å². The van der Waals surface area contributed by atoms with Crippen molar-refractivity contribution >= 4 is 16.9 Å². The molecule has 6 nitrogen and oxygen atoms in total. The number of nitrogens with zero attached hydrogens (tertiary/aromatic N) is 1. The van der Waals surface area contributed by atoms with Crippen LogP contribution in [0.3, 0.4) is 0 Å². The number of hydrogen-bond donors (Lipinski definition) is 2. The van der Waals surface area contributed by atoms with Gasteiger partial charge in [-0.05, 0) is 17.7 Å². The van der Waals surface area contributed by atoms with Gasteiger partial charge in [-0.1, -0.05) is 6.07 Å². The number of carbonyl (C=O) groups is 1. The van der Waals surface area contributed by atoms with E-state index < -0.39 is 39.9 Å². The Morgan fingerprint density at radius 2 is 2.00 bits per heavy atom. The van der Waals surface area contributed by atoms with E-state index >= 15 is 0 Å². The maximum atomic E-state index is 12.7. The van der Waals surface area contributed by atoms with Gasteiger partial charge in [0.05, 0.1) is 11.3 Å². The number of nitrogens with one attached hydrogen (secondary N) is 1. The van der Waals surface area contributed by atoms with Crippen LogP contribution in [0.15, 0.2) is 29.2 Å². The summed E-state index contributed by atoms with van der Waals surface area (Å²) in [5.74, 6) is -1.48. The Morgan fingerprint density at radius 1 is 1.35 bits per heavy atom. The standard InChI is InChI=1S/C13H11F3N2O4S/c1-18-12(20)10(5-17-18)11(19)9-3-2-8(13(14,15)16)4-7(9)6-23(21)22/h2-5,17H,6H2,1H3,(H,21,22). The van der Waals surface area contributed by atoms with Crippen LogP contribution in [-0.4, -0.2) is 24.3 Å². The molecular formula is C13H11F3N2O4S. The van der Waals surface area contributed by atoms with E-state index in [1.165, 1.54) is 7.05 Å². The van der Waals surface area contributed by atoms with E-state index in [1.807, 2.05) is 0 Å². The van der Waals surface area contributed by atoms with Crippen molar-refractivity contribution in [3.63, 3.8) is 0 Å². The molecule has 1 unspecified atom stereocenters. The maximum absolute atomic E-state index is 12.7. The Hall–Kier alpha value is -2.20. The average molecular weight is 348 g/mol. The molecule has 1 aromatic carbocycles. The second-order valence-electron chi connectivity index (χ2n) is 4.72. The molecule has 23 heavy (non-hydrogen) atoms. The lowest BCUT2D eigenvalue weighted by Crippen LogP contribution is -2.20. The quantitative estimate of drug-likeness (QED) is 0.650. The number of halogens is 3. The van der Waals surface area contributed by atoms with Gasteiger partial charge in [0.2, 0.25) is 0 Å². The van der Waals surface area contributed by atoms with E-state index in [0.717, 1.165) is 16.9 Å². The second-order valence-corrected chi connectivity index (χ2v) is 5.65. The molecule has 1 aromatic heterocycles. The lowest BCUT2D eigenvalue weighted by molar-refractivity contribution is -0.137. The number of aryl methyl sites for hydroxylation is 1. The molecule has 124 valence electrons. The van der Waals surface area contributed by atoms with Crippen LogP contribution in [0.25, 0.3) is 0 Å². The summed E-state index contributed by atoms with van der Waals surface area (Å²) in [7, 11) is 1.37. The molecule has 1 atom stereocenters. The number of H-pyrrole nitrogens is 1. The normalized spacial score (nSPS) is 13.1. The van der Waals surface area contributed by atoms with Gasteiger partial charge in [-0.3, -0.25) is 14.3 Å². The van der Waals surface area contributed by atoms with Crippen molar-refractivity contribution in [2.75, 3.05) is 0 Å². The third kappa shape index (κ3) is 3.59. The second kappa shape index (κ2) is 6.13. The third-order valence-corrected chi connectivity index (χ3v) is 3.70. The molecule has 0 fully saturated rings. The topological polar surface area (TPSA) is 92.2 Å². The van der Waals surface area contributed by atoms with Crippen LogP contribution >= 0.6 is 0 Å². The maximum Gasteiger partial charge on any atom is 0.416 e. The lowest BCUT2D eigenvalue weighted by Gasteiger charge is -2.11. The summed E-state index contributed by atoms with van der Waals surface area (Å²) in [4.78, 5) is 24.1. The van der Waals surface area contributed by atoms with Crippen molar-refractivity contribution in [1.29, 1.82) is 0 Å². The number of aromatic amines is 1. The van der Waals surface area contributed by atoms with Crippen LogP contribution < -0.4 is 5.56 Å². The van der Waals surface area contributed by atoms with Crippen LogP contribution in [0.4, 0.5) is 13.2 Å². The minimum atomic E-state index is -4.66. The first-order chi connectivity index (χ1) is 10.6. The van der Waals surface area contributed by atoms with E-state index in [4.69, 9.17) is 4.55 Å². The minimum absolute atomic E-state index is 0.225. The zero-order valence-corrected chi connectivity index (χ0v) is 12.5. The highest BCUT2D eigenvalue weighted by Crippen LogP contribution is 2.31. The molecule has 10 heteroatoms. The van der Waals surface area contributed by atoms with Crippen LogP contribution in [0.1, 0.15) is 27.0 Å². The molecule has 2 aromatic rings. The fraction of sp³-hybridized carbons (Fsp3) is 0.231. The van der Waals surface area contributed by atoms with Crippen molar-refractivity contribution in [2.24, 2.45) is 7.05 Å². The van der Waals surface area contributed by atoms with Gasteiger partial charge in [0.15, 0.2) is 16.9 Å². The molecule has 0 radical (unpaired) electrons. The Labute approximate surface area is 130 Å². The molecule has 0 amide bonds. The number of rotatable bonds is 4. The molecule has 2 N–H and O–H groups in total. The first kappa shape index (κ1) is 17.2. The molecular weight excluding hydrogens is 337 g/mol. The zero-order chi connectivity index (χ0) is 17.4. The fourth-order valence-corrected chi connectivity index (χ4v) is 2.52. The van der Waals surface area contributed by atoms with Gasteiger partial charge in [0, 0.05) is 18.8 Å². The average Bonchev–Trinajstić information content (AvgIpc) is 2.76. The Bertz CT molecular complexity index is 838. The SMILES string of the molecule is Cn1[nH]cc(C(=O)c2ccc(C(F)(F)F)cc2CS(=O)O)c1=O. The monoisotopic (exact) mass is 348 g/mol. The van der Waals surface area contributed by atoms with Crippen LogP contribution in [0.5, 0.6) is 0 Å². The van der Waals surface area contributed by atoms with Crippen LogP contribution in [0.2, 0.25) is 0 Å². The van der Waals surface area contributed by atoms with Crippen LogP contribution in [-0.2, 0) is 30.1 Å². The summed E-state index contributed by atoms with van der Waals surface area (Å²) < 4.78 is 59.2. The summed E-state index contributed by atoms with van der Waals surface area (Å²) in [6.45, 7) is 0. The van der Waals surface area contributed by atoms with E-state index in [1.54, 1.807) is 0 Å². The summed E-state index contributed by atoms with van der Waals surface area (Å²) >= 11 is -2.45. The van der Waals surface area contributed by atoms with Gasteiger partial charge in [-0.15, -0.1) is 0 Å². The number of hydrogen-bond acceptors (Lipinski definition) is 3. The van der Waals surface area contributed by atoms with Gasteiger partial charge < -0.3 is 9.65 Å².